The summed E-state index contributed by atoms with van der Waals surface area (Å²) in [6, 6.07) is 11.3. The van der Waals surface area contributed by atoms with E-state index in [-0.39, 0.29) is 24.0 Å². The molecule has 1 heterocycles. The number of ether oxygens (including phenoxy) is 1. The SMILES string of the molecule is O=C(COc1cc(Cl)ccc1Cl)NCc1ccc(S(=O)(=O)N2CCCC2)cc1. The Morgan fingerprint density at radius 2 is 1.75 bits per heavy atom. The highest BCUT2D eigenvalue weighted by Gasteiger charge is 2.26. The molecule has 0 atom stereocenters. The maximum absolute atomic E-state index is 12.5. The van der Waals surface area contributed by atoms with E-state index in [2.05, 4.69) is 5.32 Å². The van der Waals surface area contributed by atoms with Crippen LogP contribution in [0.5, 0.6) is 5.75 Å². The van der Waals surface area contributed by atoms with Crippen LogP contribution in [0.1, 0.15) is 18.4 Å². The minimum Gasteiger partial charge on any atom is -0.482 e. The average Bonchev–Trinajstić information content (AvgIpc) is 3.23. The van der Waals surface area contributed by atoms with E-state index in [1.165, 1.54) is 10.4 Å². The van der Waals surface area contributed by atoms with Gasteiger partial charge in [-0.1, -0.05) is 35.3 Å². The molecular formula is C19H20Cl2N2O4S. The molecule has 1 aliphatic rings. The Balaban J connectivity index is 1.52. The maximum atomic E-state index is 12.5. The fraction of sp³-hybridized carbons (Fsp3) is 0.316. The molecular weight excluding hydrogens is 423 g/mol. The summed E-state index contributed by atoms with van der Waals surface area (Å²) in [5, 5.41) is 3.55. The molecule has 2 aromatic carbocycles. The van der Waals surface area contributed by atoms with Gasteiger partial charge in [0.05, 0.1) is 9.92 Å². The molecule has 1 saturated heterocycles. The molecule has 0 spiro atoms. The van der Waals surface area contributed by atoms with E-state index >= 15 is 0 Å². The van der Waals surface area contributed by atoms with Crippen molar-refractivity contribution in [2.75, 3.05) is 19.7 Å². The number of rotatable bonds is 7. The van der Waals surface area contributed by atoms with Crippen molar-refractivity contribution in [1.29, 1.82) is 0 Å². The summed E-state index contributed by atoms with van der Waals surface area (Å²) >= 11 is 11.9. The number of sulfonamides is 1. The Kier molecular flexibility index (Phi) is 6.82. The summed E-state index contributed by atoms with van der Waals surface area (Å²) in [5.41, 5.74) is 0.787. The fourth-order valence-corrected chi connectivity index (χ4v) is 4.69. The van der Waals surface area contributed by atoms with E-state index in [0.717, 1.165) is 18.4 Å². The Bertz CT molecular complexity index is 943. The van der Waals surface area contributed by atoms with Crippen molar-refractivity contribution in [1.82, 2.24) is 9.62 Å². The van der Waals surface area contributed by atoms with Gasteiger partial charge in [0.15, 0.2) is 6.61 Å². The average molecular weight is 443 g/mol. The summed E-state index contributed by atoms with van der Waals surface area (Å²) in [7, 11) is -3.43. The third kappa shape index (κ3) is 5.17. The molecule has 0 bridgehead atoms. The van der Waals surface area contributed by atoms with Crippen LogP contribution in [0.25, 0.3) is 0 Å². The zero-order valence-electron chi connectivity index (χ0n) is 15.0. The van der Waals surface area contributed by atoms with Crippen molar-refractivity contribution in [2.45, 2.75) is 24.3 Å². The molecule has 2 aromatic rings. The number of nitrogens with one attached hydrogen (secondary N) is 1. The predicted octanol–water partition coefficient (Wildman–Crippen LogP) is 3.47. The molecule has 3 rings (SSSR count). The first-order valence-corrected chi connectivity index (χ1v) is 11.0. The van der Waals surface area contributed by atoms with Crippen LogP contribution < -0.4 is 10.1 Å². The van der Waals surface area contributed by atoms with Gasteiger partial charge < -0.3 is 10.1 Å². The summed E-state index contributed by atoms with van der Waals surface area (Å²) in [6.45, 7) is 1.19. The number of hydrogen-bond donors (Lipinski definition) is 1. The van der Waals surface area contributed by atoms with Gasteiger partial charge in [-0.3, -0.25) is 4.79 Å². The maximum Gasteiger partial charge on any atom is 0.258 e. The van der Waals surface area contributed by atoms with Crippen molar-refractivity contribution in [3.05, 3.63) is 58.1 Å². The number of carbonyl (C=O) groups is 1. The van der Waals surface area contributed by atoms with Crippen LogP contribution in [0.2, 0.25) is 10.0 Å². The Hall–Kier alpha value is -1.80. The van der Waals surface area contributed by atoms with Crippen LogP contribution in [0.15, 0.2) is 47.4 Å². The van der Waals surface area contributed by atoms with Gasteiger partial charge in [0.2, 0.25) is 10.0 Å². The highest BCUT2D eigenvalue weighted by molar-refractivity contribution is 7.89. The van der Waals surface area contributed by atoms with Gasteiger partial charge in [-0.15, -0.1) is 0 Å². The normalized spacial score (nSPS) is 14.8. The second-order valence-corrected chi connectivity index (χ2v) is 9.18. The molecule has 1 fully saturated rings. The molecule has 0 aromatic heterocycles. The number of halogens is 2. The van der Waals surface area contributed by atoms with Crippen LogP contribution in [0, 0.1) is 0 Å². The first-order valence-electron chi connectivity index (χ1n) is 8.80. The number of amides is 1. The van der Waals surface area contributed by atoms with Gasteiger partial charge >= 0.3 is 0 Å². The summed E-state index contributed by atoms with van der Waals surface area (Å²) in [4.78, 5) is 12.2. The van der Waals surface area contributed by atoms with Crippen molar-refractivity contribution in [2.24, 2.45) is 0 Å². The highest BCUT2D eigenvalue weighted by Crippen LogP contribution is 2.27. The highest BCUT2D eigenvalue weighted by atomic mass is 35.5. The number of nitrogens with zero attached hydrogens (tertiary/aromatic N) is 1. The van der Waals surface area contributed by atoms with Gasteiger partial charge in [-0.05, 0) is 42.7 Å². The fourth-order valence-electron chi connectivity index (χ4n) is 2.84. The zero-order valence-corrected chi connectivity index (χ0v) is 17.4. The van der Waals surface area contributed by atoms with Crippen molar-refractivity contribution in [3.8, 4) is 5.75 Å². The lowest BCUT2D eigenvalue weighted by atomic mass is 10.2. The lowest BCUT2D eigenvalue weighted by Gasteiger charge is -2.15. The third-order valence-corrected chi connectivity index (χ3v) is 6.83. The van der Waals surface area contributed by atoms with Gasteiger partial charge in [0, 0.05) is 30.7 Å². The van der Waals surface area contributed by atoms with Crippen LogP contribution in [-0.2, 0) is 21.4 Å². The van der Waals surface area contributed by atoms with Gasteiger partial charge in [-0.25, -0.2) is 8.42 Å². The molecule has 0 saturated carbocycles. The molecule has 150 valence electrons. The molecule has 0 unspecified atom stereocenters. The van der Waals surface area contributed by atoms with E-state index in [4.69, 9.17) is 27.9 Å². The van der Waals surface area contributed by atoms with Gasteiger partial charge in [0.25, 0.3) is 5.91 Å². The molecule has 0 radical (unpaired) electrons. The van der Waals surface area contributed by atoms with Crippen molar-refractivity contribution < 1.29 is 17.9 Å². The third-order valence-electron chi connectivity index (χ3n) is 4.37. The van der Waals surface area contributed by atoms with Crippen LogP contribution in [0.4, 0.5) is 0 Å². The van der Waals surface area contributed by atoms with E-state index in [1.807, 2.05) is 0 Å². The van der Waals surface area contributed by atoms with E-state index in [1.54, 1.807) is 36.4 Å². The quantitative estimate of drug-likeness (QED) is 0.711. The van der Waals surface area contributed by atoms with Gasteiger partial charge in [0.1, 0.15) is 5.75 Å². The van der Waals surface area contributed by atoms with E-state index in [9.17, 15) is 13.2 Å². The summed E-state index contributed by atoms with van der Waals surface area (Å²) < 4.78 is 31.9. The lowest BCUT2D eigenvalue weighted by molar-refractivity contribution is -0.123. The Morgan fingerprint density at radius 3 is 2.43 bits per heavy atom. The topological polar surface area (TPSA) is 75.7 Å². The minimum atomic E-state index is -3.43. The van der Waals surface area contributed by atoms with Crippen molar-refractivity contribution in [3.63, 3.8) is 0 Å². The molecule has 0 aliphatic carbocycles. The van der Waals surface area contributed by atoms with Crippen LogP contribution in [0.3, 0.4) is 0 Å². The predicted molar refractivity (Wildman–Crippen MR) is 108 cm³/mol. The summed E-state index contributed by atoms with van der Waals surface area (Å²) in [5.74, 6) is 0.00518. The Labute approximate surface area is 174 Å². The Morgan fingerprint density at radius 1 is 1.07 bits per heavy atom. The van der Waals surface area contributed by atoms with E-state index < -0.39 is 10.0 Å². The zero-order chi connectivity index (χ0) is 20.1. The van der Waals surface area contributed by atoms with Crippen LogP contribution >= 0.6 is 23.2 Å². The molecule has 9 heteroatoms. The molecule has 1 amide bonds. The second-order valence-electron chi connectivity index (χ2n) is 6.40. The molecule has 28 heavy (non-hydrogen) atoms. The summed E-state index contributed by atoms with van der Waals surface area (Å²) in [6.07, 6.45) is 1.79. The van der Waals surface area contributed by atoms with Crippen molar-refractivity contribution >= 4 is 39.1 Å². The minimum absolute atomic E-state index is 0.207. The van der Waals surface area contributed by atoms with Gasteiger partial charge in [-0.2, -0.15) is 4.31 Å². The van der Waals surface area contributed by atoms with E-state index in [0.29, 0.717) is 28.9 Å². The number of benzene rings is 2. The molecule has 1 aliphatic heterocycles. The smallest absolute Gasteiger partial charge is 0.258 e. The van der Waals surface area contributed by atoms with Crippen LogP contribution in [-0.4, -0.2) is 38.3 Å². The second kappa shape index (κ2) is 9.13. The molecule has 6 nitrogen and oxygen atoms in total. The number of carbonyl (C=O) groups excluding carboxylic acids is 1. The number of hydrogen-bond acceptors (Lipinski definition) is 4. The lowest BCUT2D eigenvalue weighted by Crippen LogP contribution is -2.29. The largest absolute Gasteiger partial charge is 0.482 e. The molecule has 1 N–H and O–H groups in total. The standard InChI is InChI=1S/C19H20Cl2N2O4S/c20-15-5-8-17(21)18(11-15)27-13-19(24)22-12-14-3-6-16(7-4-14)28(25,26)23-9-1-2-10-23/h3-8,11H,1-2,9-10,12-13H2,(H,22,24). The monoisotopic (exact) mass is 442 g/mol. The first-order chi connectivity index (χ1) is 13.4. The first kappa shape index (κ1) is 20.9.